The van der Waals surface area contributed by atoms with Crippen LogP contribution in [0, 0.1) is 5.92 Å². The Labute approximate surface area is 73.1 Å². The van der Waals surface area contributed by atoms with E-state index in [1.807, 2.05) is 25.6 Å². The molecule has 1 amide bonds. The van der Waals surface area contributed by atoms with Crippen molar-refractivity contribution in [3.05, 3.63) is 0 Å². The Morgan fingerprint density at radius 1 is 1.55 bits per heavy atom. The summed E-state index contributed by atoms with van der Waals surface area (Å²) in [7, 11) is 1.70. The molecule has 0 saturated carbocycles. The van der Waals surface area contributed by atoms with Crippen molar-refractivity contribution in [1.29, 1.82) is 0 Å². The van der Waals surface area contributed by atoms with Gasteiger partial charge in [0.15, 0.2) is 0 Å². The first-order valence-corrected chi connectivity index (χ1v) is 5.29. The van der Waals surface area contributed by atoms with Gasteiger partial charge in [0.05, 0.1) is 0 Å². The molecular weight excluding hydrogens is 158 g/mol. The van der Waals surface area contributed by atoms with Gasteiger partial charge in [0.1, 0.15) is 0 Å². The van der Waals surface area contributed by atoms with Gasteiger partial charge in [-0.1, -0.05) is 13.8 Å². The highest BCUT2D eigenvalue weighted by molar-refractivity contribution is 7.99. The number of nitrogens with one attached hydrogen (secondary N) is 1. The molecule has 1 rings (SSSR count). The molecule has 0 radical (unpaired) electrons. The number of thioether (sulfide) groups is 1. The minimum atomic E-state index is 0.208. The first-order chi connectivity index (χ1) is 5.34. The lowest BCUT2D eigenvalue weighted by Crippen LogP contribution is -2.26. The maximum absolute atomic E-state index is 10.9. The zero-order chi connectivity index (χ0) is 8.69. The minimum Gasteiger partial charge on any atom is -0.359 e. The van der Waals surface area contributed by atoms with Crippen molar-refractivity contribution in [2.45, 2.75) is 20.3 Å². The third-order valence-electron chi connectivity index (χ3n) is 1.55. The molecule has 1 fully saturated rings. The van der Waals surface area contributed by atoms with Crippen LogP contribution in [0.2, 0.25) is 0 Å². The Morgan fingerprint density at radius 3 is 2.55 bits per heavy atom. The largest absolute Gasteiger partial charge is 0.359 e. The van der Waals surface area contributed by atoms with Crippen molar-refractivity contribution in [3.63, 3.8) is 0 Å². The van der Waals surface area contributed by atoms with Crippen LogP contribution < -0.4 is 5.32 Å². The molecule has 0 aromatic carbocycles. The zero-order valence-electron chi connectivity index (χ0n) is 7.52. The van der Waals surface area contributed by atoms with Crippen LogP contribution in [-0.2, 0) is 4.79 Å². The van der Waals surface area contributed by atoms with E-state index in [-0.39, 0.29) is 5.91 Å². The summed E-state index contributed by atoms with van der Waals surface area (Å²) in [5.41, 5.74) is 0. The normalized spacial score (nSPS) is 21.9. The van der Waals surface area contributed by atoms with Gasteiger partial charge in [-0.3, -0.25) is 4.79 Å². The van der Waals surface area contributed by atoms with E-state index in [9.17, 15) is 4.79 Å². The lowest BCUT2D eigenvalue weighted by molar-refractivity contribution is -0.123. The summed E-state index contributed by atoms with van der Waals surface area (Å²) >= 11 is 1.87. The average molecular weight is 175 g/mol. The smallest absolute Gasteiger partial charge is 0.223 e. The molecule has 1 aliphatic rings. The summed E-state index contributed by atoms with van der Waals surface area (Å²) in [6.07, 6.45) is 1.06. The lowest BCUT2D eigenvalue weighted by atomic mass is 10.1. The minimum absolute atomic E-state index is 0.208. The van der Waals surface area contributed by atoms with Crippen LogP contribution in [0.1, 0.15) is 20.3 Å². The van der Waals surface area contributed by atoms with Crippen molar-refractivity contribution < 1.29 is 4.79 Å². The van der Waals surface area contributed by atoms with Gasteiger partial charge >= 0.3 is 0 Å². The number of carbonyl (C=O) groups is 1. The van der Waals surface area contributed by atoms with Gasteiger partial charge in [-0.05, 0) is 12.2 Å². The molecule has 1 heterocycles. The van der Waals surface area contributed by atoms with Gasteiger partial charge in [-0.25, -0.2) is 0 Å². The molecule has 1 unspecified atom stereocenters. The summed E-state index contributed by atoms with van der Waals surface area (Å²) < 4.78 is 0. The van der Waals surface area contributed by atoms with Gasteiger partial charge in [0.2, 0.25) is 5.91 Å². The van der Waals surface area contributed by atoms with Crippen LogP contribution >= 0.6 is 11.8 Å². The van der Waals surface area contributed by atoms with E-state index in [0.717, 1.165) is 17.9 Å². The van der Waals surface area contributed by atoms with Gasteiger partial charge in [-0.15, -0.1) is 0 Å². The molecule has 0 spiro atoms. The van der Waals surface area contributed by atoms with Gasteiger partial charge in [0.25, 0.3) is 0 Å². The number of rotatable bonds is 1. The van der Waals surface area contributed by atoms with Crippen molar-refractivity contribution in [2.24, 2.45) is 5.92 Å². The van der Waals surface area contributed by atoms with Crippen LogP contribution in [0.15, 0.2) is 0 Å². The Morgan fingerprint density at radius 2 is 2.18 bits per heavy atom. The van der Waals surface area contributed by atoms with Crippen LogP contribution in [-0.4, -0.2) is 24.5 Å². The molecule has 0 aliphatic carbocycles. The molecule has 1 atom stereocenters. The van der Waals surface area contributed by atoms with E-state index in [4.69, 9.17) is 0 Å². The summed E-state index contributed by atoms with van der Waals surface area (Å²) in [5.74, 6) is 2.66. The van der Waals surface area contributed by atoms with E-state index >= 15 is 0 Å². The molecule has 1 saturated heterocycles. The third kappa shape index (κ3) is 3.65. The number of hydrogen-bond donors (Lipinski definition) is 1. The quantitative estimate of drug-likeness (QED) is 0.654. The van der Waals surface area contributed by atoms with Crippen LogP contribution in [0.25, 0.3) is 0 Å². The highest BCUT2D eigenvalue weighted by Gasteiger charge is 2.21. The Kier molecular flexibility index (Phi) is 6.42. The fourth-order valence-corrected chi connectivity index (χ4v) is 2.17. The lowest BCUT2D eigenvalue weighted by Gasteiger charge is -2.03. The van der Waals surface area contributed by atoms with Crippen LogP contribution in [0.3, 0.4) is 0 Å². The molecule has 0 bridgehead atoms. The van der Waals surface area contributed by atoms with E-state index in [1.54, 1.807) is 7.05 Å². The highest BCUT2D eigenvalue weighted by Crippen LogP contribution is 2.22. The second-order valence-electron chi connectivity index (χ2n) is 2.17. The number of hydrogen-bond acceptors (Lipinski definition) is 2. The predicted molar refractivity (Wildman–Crippen MR) is 50.8 cm³/mol. The maximum atomic E-state index is 10.9. The molecule has 0 aromatic heterocycles. The first kappa shape index (κ1) is 10.8. The van der Waals surface area contributed by atoms with Crippen molar-refractivity contribution >= 4 is 17.7 Å². The number of carbonyl (C=O) groups excluding carboxylic acids is 1. The van der Waals surface area contributed by atoms with Gasteiger partial charge in [0, 0.05) is 18.7 Å². The zero-order valence-corrected chi connectivity index (χ0v) is 8.33. The second kappa shape index (κ2) is 6.53. The summed E-state index contributed by atoms with van der Waals surface area (Å²) in [5, 5.41) is 2.65. The molecule has 2 nitrogen and oxygen atoms in total. The van der Waals surface area contributed by atoms with Crippen molar-refractivity contribution in [1.82, 2.24) is 5.32 Å². The molecule has 1 aliphatic heterocycles. The van der Waals surface area contributed by atoms with Crippen LogP contribution in [0.4, 0.5) is 0 Å². The van der Waals surface area contributed by atoms with Gasteiger partial charge in [-0.2, -0.15) is 11.8 Å². The SMILES string of the molecule is CC.CNC(=O)C1CCSC1. The second-order valence-corrected chi connectivity index (χ2v) is 3.32. The molecule has 3 heteroatoms. The summed E-state index contributed by atoms with van der Waals surface area (Å²) in [6, 6.07) is 0. The average Bonchev–Trinajstić information content (AvgIpc) is 2.59. The summed E-state index contributed by atoms with van der Waals surface area (Å²) in [6.45, 7) is 4.00. The van der Waals surface area contributed by atoms with E-state index in [0.29, 0.717) is 5.92 Å². The molecular formula is C8H17NOS. The molecule has 11 heavy (non-hydrogen) atoms. The van der Waals surface area contributed by atoms with E-state index < -0.39 is 0 Å². The van der Waals surface area contributed by atoms with Crippen molar-refractivity contribution in [2.75, 3.05) is 18.6 Å². The Hall–Kier alpha value is -0.180. The van der Waals surface area contributed by atoms with Gasteiger partial charge < -0.3 is 5.32 Å². The van der Waals surface area contributed by atoms with Crippen molar-refractivity contribution in [3.8, 4) is 0 Å². The summed E-state index contributed by atoms with van der Waals surface area (Å²) in [4.78, 5) is 10.9. The molecule has 0 aromatic rings. The van der Waals surface area contributed by atoms with Crippen LogP contribution in [0.5, 0.6) is 0 Å². The Bertz CT molecular complexity index is 111. The Balaban J connectivity index is 0.000000461. The predicted octanol–water partition coefficient (Wildman–Crippen LogP) is 1.51. The van der Waals surface area contributed by atoms with E-state index in [2.05, 4.69) is 5.32 Å². The standard InChI is InChI=1S/C6H11NOS.C2H6/c1-7-6(8)5-2-3-9-4-5;1-2/h5H,2-4H2,1H3,(H,7,8);1-2H3. The van der Waals surface area contributed by atoms with E-state index in [1.165, 1.54) is 0 Å². The fourth-order valence-electron chi connectivity index (χ4n) is 0.945. The highest BCUT2D eigenvalue weighted by atomic mass is 32.2. The molecule has 1 N–H and O–H groups in total. The monoisotopic (exact) mass is 175 g/mol. The molecule has 66 valence electrons. The topological polar surface area (TPSA) is 29.1 Å². The third-order valence-corrected chi connectivity index (χ3v) is 2.71. The fraction of sp³-hybridized carbons (Fsp3) is 0.875. The maximum Gasteiger partial charge on any atom is 0.223 e. The number of amides is 1. The first-order valence-electron chi connectivity index (χ1n) is 4.14.